The number of aromatic nitrogens is 4. The summed E-state index contributed by atoms with van der Waals surface area (Å²) in [7, 11) is 0. The Morgan fingerprint density at radius 3 is 2.69 bits per heavy atom. The van der Waals surface area contributed by atoms with Gasteiger partial charge in [-0.1, -0.05) is 13.8 Å². The van der Waals surface area contributed by atoms with E-state index in [0.29, 0.717) is 21.8 Å². The number of carbonyl (C=O) groups is 1. The molecule has 0 spiro atoms. The monoisotopic (exact) mass is 419 g/mol. The van der Waals surface area contributed by atoms with E-state index in [4.69, 9.17) is 0 Å². The molecule has 1 fully saturated rings. The molecular weight excluding hydrogens is 400 g/mol. The summed E-state index contributed by atoms with van der Waals surface area (Å²) in [5, 5.41) is 7.89. The number of alkyl halides is 2. The zero-order valence-corrected chi connectivity index (χ0v) is 16.7. The molecule has 0 atom stereocenters. The van der Waals surface area contributed by atoms with Gasteiger partial charge in [-0.3, -0.25) is 14.6 Å². The van der Waals surface area contributed by atoms with Gasteiger partial charge in [-0.2, -0.15) is 5.10 Å². The van der Waals surface area contributed by atoms with Crippen molar-refractivity contribution in [3.05, 3.63) is 45.1 Å². The van der Waals surface area contributed by atoms with Crippen LogP contribution in [0.3, 0.4) is 0 Å². The number of rotatable bonds is 6. The first-order chi connectivity index (χ1) is 13.8. The van der Waals surface area contributed by atoms with E-state index >= 15 is 0 Å². The molecule has 1 N–H and O–H groups in total. The van der Waals surface area contributed by atoms with Crippen molar-refractivity contribution in [3.63, 3.8) is 0 Å². The molecule has 0 radical (unpaired) electrons. The van der Waals surface area contributed by atoms with Gasteiger partial charge >= 0.3 is 0 Å². The van der Waals surface area contributed by atoms with Crippen LogP contribution in [0.15, 0.2) is 23.1 Å². The second-order valence-electron chi connectivity index (χ2n) is 7.33. The van der Waals surface area contributed by atoms with Crippen LogP contribution in [-0.4, -0.2) is 25.7 Å². The van der Waals surface area contributed by atoms with E-state index in [1.54, 1.807) is 0 Å². The number of nitrogens with zero attached hydrogens (tertiary/aromatic N) is 4. The van der Waals surface area contributed by atoms with E-state index in [2.05, 4.69) is 20.4 Å². The Bertz CT molecular complexity index is 1120. The Morgan fingerprint density at radius 2 is 2.10 bits per heavy atom. The van der Waals surface area contributed by atoms with Gasteiger partial charge in [-0.25, -0.2) is 18.4 Å². The minimum Gasteiger partial charge on any atom is -0.323 e. The quantitative estimate of drug-likeness (QED) is 0.656. The van der Waals surface area contributed by atoms with Gasteiger partial charge in [0.1, 0.15) is 22.5 Å². The maximum absolute atomic E-state index is 12.9. The molecule has 152 valence electrons. The Balaban J connectivity index is 1.60. The number of fused-ring (bicyclic) bond motifs is 1. The summed E-state index contributed by atoms with van der Waals surface area (Å²) in [4.78, 5) is 33.5. The number of carbonyl (C=O) groups excluding carboxylic acids is 1. The predicted molar refractivity (Wildman–Crippen MR) is 106 cm³/mol. The molecule has 1 saturated carbocycles. The number of anilines is 1. The zero-order chi connectivity index (χ0) is 20.7. The lowest BCUT2D eigenvalue weighted by Crippen LogP contribution is -2.30. The second-order valence-corrected chi connectivity index (χ2v) is 8.36. The van der Waals surface area contributed by atoms with Crippen molar-refractivity contribution in [2.24, 2.45) is 0 Å². The number of halogens is 2. The van der Waals surface area contributed by atoms with Crippen molar-refractivity contribution in [1.29, 1.82) is 0 Å². The highest BCUT2D eigenvalue weighted by Crippen LogP contribution is 2.43. The summed E-state index contributed by atoms with van der Waals surface area (Å²) in [5.41, 5.74) is 0.852. The van der Waals surface area contributed by atoms with E-state index in [1.165, 1.54) is 17.4 Å². The third-order valence-corrected chi connectivity index (χ3v) is 5.81. The fraction of sp³-hybridized carbons (Fsp3) is 0.421. The maximum atomic E-state index is 12.9. The van der Waals surface area contributed by atoms with Crippen LogP contribution in [0.4, 0.5) is 14.5 Å². The summed E-state index contributed by atoms with van der Waals surface area (Å²) in [6.45, 7) is 3.63. The van der Waals surface area contributed by atoms with Crippen LogP contribution in [0.5, 0.6) is 0 Å². The van der Waals surface area contributed by atoms with Crippen LogP contribution in [0.25, 0.3) is 10.2 Å². The van der Waals surface area contributed by atoms with Gasteiger partial charge in [-0.05, 0) is 30.9 Å². The Kier molecular flexibility index (Phi) is 5.12. The molecule has 1 aliphatic carbocycles. The second kappa shape index (κ2) is 7.58. The molecule has 0 aliphatic heterocycles. The number of pyridine rings is 1. The molecule has 1 aliphatic rings. The van der Waals surface area contributed by atoms with E-state index in [1.807, 2.05) is 13.8 Å². The summed E-state index contributed by atoms with van der Waals surface area (Å²) in [6.07, 6.45) is 0.644. The molecule has 4 rings (SSSR count). The van der Waals surface area contributed by atoms with Crippen molar-refractivity contribution in [2.45, 2.75) is 51.5 Å². The Labute approximate surface area is 168 Å². The molecule has 3 aromatic rings. The van der Waals surface area contributed by atoms with E-state index in [9.17, 15) is 18.4 Å². The van der Waals surface area contributed by atoms with Gasteiger partial charge in [0, 0.05) is 5.92 Å². The molecule has 29 heavy (non-hydrogen) atoms. The Hall–Kier alpha value is -2.75. The third-order valence-electron chi connectivity index (χ3n) is 4.60. The molecule has 0 saturated heterocycles. The summed E-state index contributed by atoms with van der Waals surface area (Å²) >= 11 is 1.38. The van der Waals surface area contributed by atoms with Gasteiger partial charge in [0.15, 0.2) is 0 Å². The van der Waals surface area contributed by atoms with Crippen LogP contribution in [-0.2, 0) is 11.3 Å². The number of nitrogens with one attached hydrogen (secondary N) is 1. The van der Waals surface area contributed by atoms with Crippen LogP contribution in [0.2, 0.25) is 0 Å². The molecule has 3 heterocycles. The highest BCUT2D eigenvalue weighted by Gasteiger charge is 2.29. The predicted octanol–water partition coefficient (Wildman–Crippen LogP) is 3.83. The van der Waals surface area contributed by atoms with Gasteiger partial charge < -0.3 is 5.32 Å². The highest BCUT2D eigenvalue weighted by atomic mass is 32.1. The van der Waals surface area contributed by atoms with Crippen molar-refractivity contribution >= 4 is 33.1 Å². The molecular formula is C19H19F2N5O2S. The van der Waals surface area contributed by atoms with Crippen molar-refractivity contribution in [2.75, 3.05) is 5.32 Å². The standard InChI is InChI=1S/C19H19F2N5O2S/c1-9(2)14-15-16(29-18(24-15)10-3-4-10)19(28)26(25-14)8-13(27)23-11-5-6-12(17(20)21)22-7-11/h5-7,9-10,17H,3-4,8H2,1-2H3,(H,23,27). The SMILES string of the molecule is CC(C)c1nn(CC(=O)Nc2ccc(C(F)F)nc2)c(=O)c2sc(C3CC3)nc12. The number of hydrogen-bond acceptors (Lipinski definition) is 6. The number of hydrogen-bond donors (Lipinski definition) is 1. The van der Waals surface area contributed by atoms with Crippen LogP contribution >= 0.6 is 11.3 Å². The minimum absolute atomic E-state index is 0.0349. The summed E-state index contributed by atoms with van der Waals surface area (Å²) < 4.78 is 26.8. The lowest BCUT2D eigenvalue weighted by atomic mass is 10.1. The topological polar surface area (TPSA) is 89.8 Å². The third kappa shape index (κ3) is 4.02. The first-order valence-corrected chi connectivity index (χ1v) is 10.1. The molecule has 1 amide bonds. The average molecular weight is 419 g/mol. The van der Waals surface area contributed by atoms with Crippen molar-refractivity contribution in [1.82, 2.24) is 19.7 Å². The lowest BCUT2D eigenvalue weighted by molar-refractivity contribution is -0.117. The first kappa shape index (κ1) is 19.6. The molecule has 0 bridgehead atoms. The highest BCUT2D eigenvalue weighted by molar-refractivity contribution is 7.18. The fourth-order valence-corrected chi connectivity index (χ4v) is 4.13. The largest absolute Gasteiger partial charge is 0.323 e. The normalized spacial score (nSPS) is 14.1. The molecule has 0 unspecified atom stereocenters. The molecule has 3 aromatic heterocycles. The Morgan fingerprint density at radius 1 is 1.34 bits per heavy atom. The number of amides is 1. The summed E-state index contributed by atoms with van der Waals surface area (Å²) in [5.74, 6) is -0.0351. The summed E-state index contributed by atoms with van der Waals surface area (Å²) in [6, 6.07) is 2.49. The van der Waals surface area contributed by atoms with Gasteiger partial charge in [-0.15, -0.1) is 11.3 Å². The smallest absolute Gasteiger partial charge is 0.286 e. The number of thiazole rings is 1. The van der Waals surface area contributed by atoms with Gasteiger partial charge in [0.2, 0.25) is 5.91 Å². The zero-order valence-electron chi connectivity index (χ0n) is 15.9. The van der Waals surface area contributed by atoms with Gasteiger partial charge in [0.25, 0.3) is 12.0 Å². The molecule has 7 nitrogen and oxygen atoms in total. The van der Waals surface area contributed by atoms with Crippen LogP contribution in [0.1, 0.15) is 61.3 Å². The molecule has 10 heteroatoms. The van der Waals surface area contributed by atoms with Crippen LogP contribution in [0, 0.1) is 0 Å². The average Bonchev–Trinajstić information content (AvgIpc) is 3.43. The van der Waals surface area contributed by atoms with E-state index in [-0.39, 0.29) is 29.4 Å². The van der Waals surface area contributed by atoms with Crippen molar-refractivity contribution in [3.8, 4) is 0 Å². The molecule has 0 aromatic carbocycles. The minimum atomic E-state index is -2.68. The first-order valence-electron chi connectivity index (χ1n) is 9.29. The van der Waals surface area contributed by atoms with Crippen molar-refractivity contribution < 1.29 is 13.6 Å². The fourth-order valence-electron chi connectivity index (χ4n) is 2.94. The maximum Gasteiger partial charge on any atom is 0.286 e. The van der Waals surface area contributed by atoms with Crippen LogP contribution < -0.4 is 10.9 Å². The van der Waals surface area contributed by atoms with E-state index in [0.717, 1.165) is 34.8 Å². The lowest BCUT2D eigenvalue weighted by Gasteiger charge is -2.11. The van der Waals surface area contributed by atoms with E-state index < -0.39 is 12.3 Å². The van der Waals surface area contributed by atoms with Gasteiger partial charge in [0.05, 0.1) is 22.6 Å².